The summed E-state index contributed by atoms with van der Waals surface area (Å²) >= 11 is 0. The summed E-state index contributed by atoms with van der Waals surface area (Å²) in [5.74, 6) is 0.838. The second kappa shape index (κ2) is 5.55. The third-order valence-electron chi connectivity index (χ3n) is 4.66. The summed E-state index contributed by atoms with van der Waals surface area (Å²) in [7, 11) is 0. The number of benzene rings is 2. The van der Waals surface area contributed by atoms with Crippen molar-refractivity contribution in [1.82, 2.24) is 14.8 Å². The Morgan fingerprint density at radius 3 is 2.72 bits per heavy atom. The Hall–Kier alpha value is -2.95. The first kappa shape index (κ1) is 14.4. The molecule has 0 bridgehead atoms. The molecule has 4 aromatic rings. The molecule has 25 heavy (non-hydrogen) atoms. The number of halogens is 1. The van der Waals surface area contributed by atoms with Crippen LogP contribution in [0.4, 0.5) is 4.39 Å². The van der Waals surface area contributed by atoms with Gasteiger partial charge in [0.2, 0.25) is 5.89 Å². The van der Waals surface area contributed by atoms with Gasteiger partial charge in [-0.1, -0.05) is 36.4 Å². The molecule has 4 nitrogen and oxygen atoms in total. The molecule has 0 spiro atoms. The van der Waals surface area contributed by atoms with Gasteiger partial charge >= 0.3 is 0 Å². The van der Waals surface area contributed by atoms with E-state index in [4.69, 9.17) is 4.42 Å². The Morgan fingerprint density at radius 1 is 1.08 bits per heavy atom. The van der Waals surface area contributed by atoms with Crippen LogP contribution in [0.15, 0.2) is 59.2 Å². The van der Waals surface area contributed by atoms with E-state index in [0.29, 0.717) is 29.6 Å². The lowest BCUT2D eigenvalue weighted by atomic mass is 10.2. The van der Waals surface area contributed by atoms with Crippen LogP contribution >= 0.6 is 0 Å². The van der Waals surface area contributed by atoms with Gasteiger partial charge < -0.3 is 4.42 Å². The number of rotatable bonds is 4. The molecule has 0 atom stereocenters. The highest BCUT2D eigenvalue weighted by molar-refractivity contribution is 5.91. The summed E-state index contributed by atoms with van der Waals surface area (Å²) in [5.41, 5.74) is 3.25. The number of nitrogens with zero attached hydrogens (tertiary/aromatic N) is 3. The molecular weight excluding hydrogens is 317 g/mol. The number of para-hydroxylation sites is 1. The van der Waals surface area contributed by atoms with Crippen LogP contribution in [0.25, 0.3) is 22.5 Å². The van der Waals surface area contributed by atoms with Crippen molar-refractivity contribution in [3.05, 3.63) is 71.9 Å². The van der Waals surface area contributed by atoms with E-state index in [1.165, 1.54) is 18.9 Å². The Kier molecular flexibility index (Phi) is 3.20. The molecule has 0 saturated heterocycles. The first-order chi connectivity index (χ1) is 12.3. The number of hydrogen-bond donors (Lipinski definition) is 0. The molecule has 1 aliphatic carbocycles. The molecule has 2 heterocycles. The Labute approximate surface area is 143 Å². The van der Waals surface area contributed by atoms with Crippen LogP contribution in [-0.2, 0) is 6.54 Å². The second-order valence-corrected chi connectivity index (χ2v) is 6.47. The van der Waals surface area contributed by atoms with E-state index < -0.39 is 0 Å². The van der Waals surface area contributed by atoms with Gasteiger partial charge in [0.05, 0.1) is 17.8 Å². The predicted octanol–water partition coefficient (Wildman–Crippen LogP) is 4.76. The van der Waals surface area contributed by atoms with E-state index in [9.17, 15) is 4.39 Å². The van der Waals surface area contributed by atoms with Crippen molar-refractivity contribution in [2.45, 2.75) is 25.3 Å². The van der Waals surface area contributed by atoms with Crippen molar-refractivity contribution in [2.24, 2.45) is 0 Å². The van der Waals surface area contributed by atoms with Crippen molar-refractivity contribution < 1.29 is 8.81 Å². The van der Waals surface area contributed by atoms with Crippen LogP contribution in [0.5, 0.6) is 0 Å². The van der Waals surface area contributed by atoms with Crippen LogP contribution in [-0.4, -0.2) is 14.8 Å². The Balaban J connectivity index is 1.61. The highest BCUT2D eigenvalue weighted by Crippen LogP contribution is 2.40. The van der Waals surface area contributed by atoms with E-state index >= 15 is 0 Å². The predicted molar refractivity (Wildman–Crippen MR) is 92.7 cm³/mol. The maximum Gasteiger partial charge on any atom is 0.247 e. The van der Waals surface area contributed by atoms with Crippen LogP contribution < -0.4 is 0 Å². The number of fused-ring (bicyclic) bond motifs is 1. The molecule has 124 valence electrons. The summed E-state index contributed by atoms with van der Waals surface area (Å²) in [6.07, 6.45) is 4.08. The molecule has 0 radical (unpaired) electrons. The minimum Gasteiger partial charge on any atom is -0.443 e. The Morgan fingerprint density at radius 2 is 1.88 bits per heavy atom. The summed E-state index contributed by atoms with van der Waals surface area (Å²) in [6.45, 7) is 0.364. The van der Waals surface area contributed by atoms with Crippen molar-refractivity contribution in [3.8, 4) is 11.6 Å². The van der Waals surface area contributed by atoms with Crippen molar-refractivity contribution in [3.63, 3.8) is 0 Å². The van der Waals surface area contributed by atoms with Gasteiger partial charge in [0, 0.05) is 16.9 Å². The lowest BCUT2D eigenvalue weighted by Crippen LogP contribution is -2.03. The van der Waals surface area contributed by atoms with Gasteiger partial charge in [0.25, 0.3) is 0 Å². The molecule has 5 heteroatoms. The number of aromatic nitrogens is 3. The maximum absolute atomic E-state index is 14.0. The van der Waals surface area contributed by atoms with Crippen molar-refractivity contribution >= 4 is 10.9 Å². The van der Waals surface area contributed by atoms with Crippen molar-refractivity contribution in [1.29, 1.82) is 0 Å². The SMILES string of the molecule is Fc1ccccc1Cn1nc(-c2nc(C3CC3)co2)c2ccccc21. The first-order valence-corrected chi connectivity index (χ1v) is 8.44. The van der Waals surface area contributed by atoms with E-state index in [0.717, 1.165) is 16.6 Å². The Bertz CT molecular complexity index is 1060. The van der Waals surface area contributed by atoms with Gasteiger partial charge in [-0.3, -0.25) is 4.68 Å². The number of hydrogen-bond acceptors (Lipinski definition) is 3. The molecule has 1 fully saturated rings. The average Bonchev–Trinajstić information content (AvgIpc) is 3.26. The summed E-state index contributed by atoms with van der Waals surface area (Å²) in [6, 6.07) is 14.7. The van der Waals surface area contributed by atoms with E-state index in [1.54, 1.807) is 18.4 Å². The van der Waals surface area contributed by atoms with Crippen molar-refractivity contribution in [2.75, 3.05) is 0 Å². The fourth-order valence-electron chi connectivity index (χ4n) is 3.16. The minimum absolute atomic E-state index is 0.226. The zero-order chi connectivity index (χ0) is 16.8. The monoisotopic (exact) mass is 333 g/mol. The third-order valence-corrected chi connectivity index (χ3v) is 4.66. The molecule has 1 aliphatic rings. The lowest BCUT2D eigenvalue weighted by molar-refractivity contribution is 0.565. The van der Waals surface area contributed by atoms with Gasteiger partial charge in [-0.05, 0) is 25.0 Å². The van der Waals surface area contributed by atoms with Crippen LogP contribution in [0.2, 0.25) is 0 Å². The molecular formula is C20H16FN3O. The molecule has 2 aromatic carbocycles. The summed E-state index contributed by atoms with van der Waals surface area (Å²) < 4.78 is 21.5. The lowest BCUT2D eigenvalue weighted by Gasteiger charge is -2.04. The van der Waals surface area contributed by atoms with E-state index in [-0.39, 0.29) is 5.82 Å². The maximum atomic E-state index is 14.0. The quantitative estimate of drug-likeness (QED) is 0.541. The highest BCUT2D eigenvalue weighted by Gasteiger charge is 2.28. The zero-order valence-electron chi connectivity index (χ0n) is 13.5. The fourth-order valence-corrected chi connectivity index (χ4v) is 3.16. The molecule has 0 amide bonds. The molecule has 2 aromatic heterocycles. The smallest absolute Gasteiger partial charge is 0.247 e. The molecule has 0 N–H and O–H groups in total. The van der Waals surface area contributed by atoms with Gasteiger partial charge in [-0.15, -0.1) is 0 Å². The largest absolute Gasteiger partial charge is 0.443 e. The first-order valence-electron chi connectivity index (χ1n) is 8.44. The number of oxazole rings is 1. The minimum atomic E-state index is -0.226. The average molecular weight is 333 g/mol. The highest BCUT2D eigenvalue weighted by atomic mass is 19.1. The molecule has 1 saturated carbocycles. The topological polar surface area (TPSA) is 43.9 Å². The van der Waals surface area contributed by atoms with E-state index in [2.05, 4.69) is 10.1 Å². The van der Waals surface area contributed by atoms with Crippen LogP contribution in [0.3, 0.4) is 0 Å². The fraction of sp³-hybridized carbons (Fsp3) is 0.200. The van der Waals surface area contributed by atoms with Gasteiger partial charge in [0.1, 0.15) is 12.1 Å². The van der Waals surface area contributed by atoms with Gasteiger partial charge in [0.15, 0.2) is 5.69 Å². The van der Waals surface area contributed by atoms with Crippen LogP contribution in [0, 0.1) is 5.82 Å². The normalized spacial score (nSPS) is 14.3. The van der Waals surface area contributed by atoms with E-state index in [1.807, 2.05) is 35.0 Å². The second-order valence-electron chi connectivity index (χ2n) is 6.47. The van der Waals surface area contributed by atoms with Gasteiger partial charge in [-0.2, -0.15) is 5.10 Å². The third kappa shape index (κ3) is 2.52. The molecule has 0 aliphatic heterocycles. The summed E-state index contributed by atoms with van der Waals surface area (Å²) in [5, 5.41) is 5.64. The standard InChI is InChI=1S/C20H16FN3O/c21-16-7-3-1-5-14(16)11-24-18-8-4-2-6-15(18)19(23-24)20-22-17(12-25-20)13-9-10-13/h1-8,12-13H,9-11H2. The van der Waals surface area contributed by atoms with Crippen LogP contribution in [0.1, 0.15) is 30.0 Å². The molecule has 0 unspecified atom stereocenters. The molecule has 5 rings (SSSR count). The summed E-state index contributed by atoms with van der Waals surface area (Å²) in [4.78, 5) is 4.61. The van der Waals surface area contributed by atoms with Gasteiger partial charge in [-0.25, -0.2) is 9.37 Å². The zero-order valence-corrected chi connectivity index (χ0v) is 13.5.